The van der Waals surface area contributed by atoms with Crippen molar-refractivity contribution in [1.82, 2.24) is 0 Å². The molecule has 4 aliphatic rings. The van der Waals surface area contributed by atoms with Gasteiger partial charge >= 0.3 is 23.9 Å². The molecule has 2 saturated carbocycles. The first-order chi connectivity index (χ1) is 24.4. The maximum Gasteiger partial charge on any atom is 0.338 e. The predicted octanol–water partition coefficient (Wildman–Crippen LogP) is 4.46. The van der Waals surface area contributed by atoms with Crippen LogP contribution >= 0.6 is 11.3 Å². The van der Waals surface area contributed by atoms with E-state index in [2.05, 4.69) is 0 Å². The Morgan fingerprint density at radius 3 is 2.25 bits per heavy atom. The first kappa shape index (κ1) is 37.8. The van der Waals surface area contributed by atoms with Gasteiger partial charge in [-0.05, 0) is 54.5 Å². The van der Waals surface area contributed by atoms with Crippen LogP contribution in [0, 0.1) is 16.7 Å². The Labute approximate surface area is 306 Å². The number of benzene rings is 1. The molecule has 2 aromatic rings. The number of aliphatic hydroxyl groups is 2. The topological polar surface area (TPSA) is 172 Å². The SMILES string of the molecule is CC(=O)OC1C(=O)[C@]2(C)CCC3OCC3(OC(C)=O)C2C(OC(=O)c2ccccc2)C2(O)CC(OC(=O)C(O)C(C)c3cccs3)C(C)=C1C2(C)C. The summed E-state index contributed by atoms with van der Waals surface area (Å²) in [5.41, 5.74) is -5.95. The number of ketones is 1. The Morgan fingerprint density at radius 1 is 0.981 bits per heavy atom. The van der Waals surface area contributed by atoms with Gasteiger partial charge in [0.1, 0.15) is 23.9 Å². The summed E-state index contributed by atoms with van der Waals surface area (Å²) in [7, 11) is 0. The largest absolute Gasteiger partial charge is 0.456 e. The minimum Gasteiger partial charge on any atom is -0.456 e. The van der Waals surface area contributed by atoms with E-state index in [4.69, 9.17) is 23.7 Å². The van der Waals surface area contributed by atoms with Crippen molar-refractivity contribution in [2.45, 2.75) is 115 Å². The highest BCUT2D eigenvalue weighted by Crippen LogP contribution is 2.64. The zero-order chi connectivity index (χ0) is 38.0. The van der Waals surface area contributed by atoms with Gasteiger partial charge in [-0.1, -0.05) is 52.0 Å². The molecule has 3 fully saturated rings. The van der Waals surface area contributed by atoms with Gasteiger partial charge in [-0.2, -0.15) is 0 Å². The number of fused-ring (bicyclic) bond motifs is 5. The van der Waals surface area contributed by atoms with Crippen molar-refractivity contribution in [1.29, 1.82) is 0 Å². The summed E-state index contributed by atoms with van der Waals surface area (Å²) in [5.74, 6) is -5.57. The Bertz CT molecular complexity index is 1780. The molecule has 1 aromatic carbocycles. The van der Waals surface area contributed by atoms with Gasteiger partial charge in [0.25, 0.3) is 0 Å². The minimum atomic E-state index is -2.16. The van der Waals surface area contributed by atoms with Crippen molar-refractivity contribution in [2.75, 3.05) is 6.61 Å². The lowest BCUT2D eigenvalue weighted by Crippen LogP contribution is -2.79. The first-order valence-electron chi connectivity index (χ1n) is 17.5. The number of thiophene rings is 1. The number of Topliss-reactive ketones (excluding diaryl/α,β-unsaturated/α-hetero) is 1. The normalized spacial score (nSPS) is 34.6. The summed E-state index contributed by atoms with van der Waals surface area (Å²) in [6.45, 7) is 10.6. The third-order valence-electron chi connectivity index (χ3n) is 12.0. The van der Waals surface area contributed by atoms with Crippen LogP contribution in [0.15, 0.2) is 59.0 Å². The van der Waals surface area contributed by atoms with Crippen molar-refractivity contribution in [3.8, 4) is 0 Å². The van der Waals surface area contributed by atoms with Crippen molar-refractivity contribution in [3.05, 3.63) is 69.4 Å². The molecule has 0 amide bonds. The highest BCUT2D eigenvalue weighted by molar-refractivity contribution is 7.10. The zero-order valence-electron chi connectivity index (χ0n) is 30.4. The summed E-state index contributed by atoms with van der Waals surface area (Å²) in [4.78, 5) is 69.3. The molecule has 1 aromatic heterocycles. The van der Waals surface area contributed by atoms with Crippen LogP contribution in [0.2, 0.25) is 0 Å². The monoisotopic (exact) mass is 738 g/mol. The number of esters is 4. The van der Waals surface area contributed by atoms with Gasteiger partial charge in [-0.25, -0.2) is 9.59 Å². The van der Waals surface area contributed by atoms with Crippen LogP contribution in [0.1, 0.15) is 88.9 Å². The number of rotatable bonds is 8. The molecule has 280 valence electrons. The van der Waals surface area contributed by atoms with Gasteiger partial charge in [0.05, 0.1) is 18.1 Å². The molecule has 10 atom stereocenters. The van der Waals surface area contributed by atoms with Crippen LogP contribution in [0.25, 0.3) is 0 Å². The molecule has 1 aliphatic heterocycles. The maximum atomic E-state index is 15.2. The van der Waals surface area contributed by atoms with Crippen LogP contribution < -0.4 is 0 Å². The molecule has 2 bridgehead atoms. The minimum absolute atomic E-state index is 0.147. The second-order valence-corrected chi connectivity index (χ2v) is 16.3. The summed E-state index contributed by atoms with van der Waals surface area (Å²) < 4.78 is 30.3. The quantitative estimate of drug-likeness (QED) is 0.222. The highest BCUT2D eigenvalue weighted by atomic mass is 32.1. The second-order valence-electron chi connectivity index (χ2n) is 15.4. The number of hydrogen-bond donors (Lipinski definition) is 2. The molecule has 52 heavy (non-hydrogen) atoms. The lowest BCUT2D eigenvalue weighted by molar-refractivity contribution is -0.332. The van der Waals surface area contributed by atoms with Crippen molar-refractivity contribution >= 4 is 41.0 Å². The Balaban J connectivity index is 1.57. The van der Waals surface area contributed by atoms with Gasteiger partial charge in [0.15, 0.2) is 23.6 Å². The van der Waals surface area contributed by atoms with Crippen LogP contribution in [-0.2, 0) is 42.9 Å². The molecular formula is C39H46O12S. The lowest BCUT2D eigenvalue weighted by atomic mass is 9.45. The standard InChI is InChI=1S/C39H46O12S/c1-20-25(49-35(45)29(42)21(2)26-14-11-17-52-26)18-39(46)33(50-34(44)24-12-9-8-10-13-24)31-37(7,16-15-27-38(31,19-47-27)51-23(4)41)32(43)30(48-22(3)40)28(20)36(39,5)6/h8-14,17,21,25,27,29-31,33,42,46H,15-16,18-19H2,1-7H3/t21?,25?,27?,29?,30?,31?,33?,37-,38?,39?/m1/s1. The van der Waals surface area contributed by atoms with Crippen LogP contribution in [-0.4, -0.2) is 88.2 Å². The van der Waals surface area contributed by atoms with E-state index >= 15 is 4.79 Å². The van der Waals surface area contributed by atoms with Gasteiger partial charge in [0, 0.05) is 41.9 Å². The van der Waals surface area contributed by atoms with E-state index in [0.29, 0.717) is 12.0 Å². The van der Waals surface area contributed by atoms with Gasteiger partial charge in [-0.15, -0.1) is 11.3 Å². The fourth-order valence-corrected chi connectivity index (χ4v) is 9.97. The summed E-state index contributed by atoms with van der Waals surface area (Å²) in [6, 6.07) is 11.7. The maximum absolute atomic E-state index is 15.2. The molecule has 13 heteroatoms. The molecule has 0 radical (unpaired) electrons. The molecule has 0 spiro atoms. The van der Waals surface area contributed by atoms with E-state index in [1.807, 2.05) is 5.38 Å². The van der Waals surface area contributed by atoms with E-state index in [9.17, 15) is 29.4 Å². The molecule has 2 heterocycles. The number of carbonyl (C=O) groups excluding carboxylic acids is 5. The highest BCUT2D eigenvalue weighted by Gasteiger charge is 2.76. The Hall–Kier alpha value is -3.91. The van der Waals surface area contributed by atoms with Crippen molar-refractivity contribution in [2.24, 2.45) is 16.7 Å². The third-order valence-corrected chi connectivity index (χ3v) is 13.1. The molecular weight excluding hydrogens is 692 g/mol. The Kier molecular flexibility index (Phi) is 9.82. The van der Waals surface area contributed by atoms with Gasteiger partial charge in [0.2, 0.25) is 0 Å². The van der Waals surface area contributed by atoms with Gasteiger partial charge < -0.3 is 33.9 Å². The van der Waals surface area contributed by atoms with Crippen LogP contribution in [0.5, 0.6) is 0 Å². The molecule has 12 nitrogen and oxygen atoms in total. The van der Waals surface area contributed by atoms with Crippen LogP contribution in [0.4, 0.5) is 0 Å². The van der Waals surface area contributed by atoms with Gasteiger partial charge in [-0.3, -0.25) is 14.4 Å². The first-order valence-corrected chi connectivity index (χ1v) is 18.4. The number of hydrogen-bond acceptors (Lipinski definition) is 13. The number of carbonyl (C=O) groups is 5. The molecule has 6 rings (SSSR count). The zero-order valence-corrected chi connectivity index (χ0v) is 31.2. The van der Waals surface area contributed by atoms with Crippen LogP contribution in [0.3, 0.4) is 0 Å². The summed E-state index contributed by atoms with van der Waals surface area (Å²) >= 11 is 1.37. The second kappa shape index (κ2) is 13.5. The van der Waals surface area contributed by atoms with E-state index in [-0.39, 0.29) is 30.6 Å². The predicted molar refractivity (Wildman–Crippen MR) is 186 cm³/mol. The van der Waals surface area contributed by atoms with Crippen molar-refractivity contribution in [3.63, 3.8) is 0 Å². The van der Waals surface area contributed by atoms with E-state index in [1.165, 1.54) is 25.2 Å². The molecule has 2 N–H and O–H groups in total. The molecule has 3 aliphatic carbocycles. The fraction of sp³-hybridized carbons (Fsp3) is 0.564. The fourth-order valence-electron chi connectivity index (χ4n) is 9.16. The van der Waals surface area contributed by atoms with Crippen molar-refractivity contribution < 1.29 is 57.9 Å². The average molecular weight is 739 g/mol. The third kappa shape index (κ3) is 5.89. The Morgan fingerprint density at radius 2 is 1.67 bits per heavy atom. The average Bonchev–Trinajstić information content (AvgIpc) is 3.62. The summed E-state index contributed by atoms with van der Waals surface area (Å²) in [6.07, 6.45) is -6.54. The number of aliphatic hydroxyl groups excluding tert-OH is 1. The van der Waals surface area contributed by atoms with E-state index in [0.717, 1.165) is 4.88 Å². The summed E-state index contributed by atoms with van der Waals surface area (Å²) in [5, 5.41) is 26.4. The van der Waals surface area contributed by atoms with E-state index < -0.39 is 94.0 Å². The smallest absolute Gasteiger partial charge is 0.338 e. The number of ether oxygens (including phenoxy) is 5. The lowest BCUT2D eigenvalue weighted by Gasteiger charge is -2.66. The van der Waals surface area contributed by atoms with E-state index in [1.54, 1.807) is 77.1 Å². The molecule has 1 saturated heterocycles. The molecule has 9 unspecified atom stereocenters.